The highest BCUT2D eigenvalue weighted by Crippen LogP contribution is 2.42. The molecule has 1 saturated carbocycles. The predicted molar refractivity (Wildman–Crippen MR) is 98.8 cm³/mol. The van der Waals surface area contributed by atoms with Gasteiger partial charge in [-0.2, -0.15) is 0 Å². The minimum atomic E-state index is -0.497. The highest BCUT2D eigenvalue weighted by atomic mass is 19.1. The van der Waals surface area contributed by atoms with Gasteiger partial charge in [0.15, 0.2) is 0 Å². The number of halogens is 1. The van der Waals surface area contributed by atoms with Crippen LogP contribution in [0.3, 0.4) is 0 Å². The number of nitrogens with two attached hydrogens (primary N) is 1. The molecule has 3 N–H and O–H groups in total. The molecule has 0 spiro atoms. The van der Waals surface area contributed by atoms with Crippen molar-refractivity contribution in [3.63, 3.8) is 0 Å². The lowest BCUT2D eigenvalue weighted by molar-refractivity contribution is 0.103. The number of rotatable bonds is 3. The summed E-state index contributed by atoms with van der Waals surface area (Å²) in [4.78, 5) is 29.1. The standard InChI is InChI=1S/C19H27FN4O2/c1-3-11-6-7-23(9-15(11)21)17-10(2)16-13(8-14(17)20)18(25)22-19(26)24(16)12-4-5-12/h8,10-12,15,17H,3-7,9,21H2,1-2H3,(H,22,25,26). The lowest BCUT2D eigenvalue weighted by Crippen LogP contribution is -2.54. The van der Waals surface area contributed by atoms with Crippen molar-refractivity contribution in [3.05, 3.63) is 37.9 Å². The van der Waals surface area contributed by atoms with Gasteiger partial charge >= 0.3 is 5.69 Å². The Labute approximate surface area is 151 Å². The lowest BCUT2D eigenvalue weighted by atomic mass is 9.83. The first-order valence-corrected chi connectivity index (χ1v) is 9.67. The summed E-state index contributed by atoms with van der Waals surface area (Å²) in [5.41, 5.74) is 6.42. The SMILES string of the molecule is CCC1CCN(C2C(F)=Cc3c(n(C4CC4)c(=O)[nH]c3=O)C2C)CC1N. The largest absolute Gasteiger partial charge is 0.328 e. The molecule has 4 rings (SSSR count). The number of fused-ring (bicyclic) bond motifs is 1. The fraction of sp³-hybridized carbons (Fsp3) is 0.684. The van der Waals surface area contributed by atoms with E-state index in [1.807, 2.05) is 6.92 Å². The quantitative estimate of drug-likeness (QED) is 0.858. The number of likely N-dealkylation sites (tertiary alicyclic amines) is 1. The van der Waals surface area contributed by atoms with Gasteiger partial charge in [0.2, 0.25) is 0 Å². The van der Waals surface area contributed by atoms with E-state index in [0.29, 0.717) is 23.7 Å². The summed E-state index contributed by atoms with van der Waals surface area (Å²) in [6.07, 6.45) is 5.16. The van der Waals surface area contributed by atoms with Crippen LogP contribution in [0, 0.1) is 5.92 Å². The van der Waals surface area contributed by atoms with Gasteiger partial charge in [0.25, 0.3) is 5.56 Å². The molecule has 4 unspecified atom stereocenters. The molecule has 26 heavy (non-hydrogen) atoms. The van der Waals surface area contributed by atoms with Gasteiger partial charge in [-0.3, -0.25) is 19.2 Å². The molecule has 0 radical (unpaired) electrons. The molecule has 2 aliphatic carbocycles. The number of hydrogen-bond donors (Lipinski definition) is 2. The van der Waals surface area contributed by atoms with E-state index in [2.05, 4.69) is 16.8 Å². The maximum atomic E-state index is 15.0. The Morgan fingerprint density at radius 1 is 1.31 bits per heavy atom. The summed E-state index contributed by atoms with van der Waals surface area (Å²) in [5.74, 6) is -0.105. The van der Waals surface area contributed by atoms with Crippen molar-refractivity contribution in [1.82, 2.24) is 14.5 Å². The van der Waals surface area contributed by atoms with Crippen molar-refractivity contribution < 1.29 is 4.39 Å². The number of H-pyrrole nitrogens is 1. The predicted octanol–water partition coefficient (Wildman–Crippen LogP) is 1.73. The Morgan fingerprint density at radius 3 is 2.65 bits per heavy atom. The van der Waals surface area contributed by atoms with Gasteiger partial charge in [-0.1, -0.05) is 20.3 Å². The Bertz CT molecular complexity index is 854. The van der Waals surface area contributed by atoms with Crippen LogP contribution in [0.5, 0.6) is 0 Å². The fourth-order valence-corrected chi connectivity index (χ4v) is 4.80. The molecular formula is C19H27FN4O2. The zero-order valence-corrected chi connectivity index (χ0v) is 15.4. The van der Waals surface area contributed by atoms with Gasteiger partial charge in [0, 0.05) is 30.2 Å². The minimum absolute atomic E-state index is 0.0277. The summed E-state index contributed by atoms with van der Waals surface area (Å²) in [6.45, 7) is 5.49. The number of piperidine rings is 1. The summed E-state index contributed by atoms with van der Waals surface area (Å²) in [5, 5.41) is 0. The van der Waals surface area contributed by atoms with E-state index in [1.54, 1.807) is 4.57 Å². The van der Waals surface area contributed by atoms with Crippen LogP contribution in [-0.2, 0) is 0 Å². The molecule has 0 aromatic carbocycles. The van der Waals surface area contributed by atoms with Gasteiger partial charge < -0.3 is 5.73 Å². The van der Waals surface area contributed by atoms with Crippen molar-refractivity contribution in [2.75, 3.05) is 13.1 Å². The maximum absolute atomic E-state index is 15.0. The van der Waals surface area contributed by atoms with E-state index in [1.165, 1.54) is 6.08 Å². The van der Waals surface area contributed by atoms with Crippen LogP contribution in [0.1, 0.15) is 62.7 Å². The zero-order chi connectivity index (χ0) is 18.6. The van der Waals surface area contributed by atoms with Crippen LogP contribution in [0.25, 0.3) is 6.08 Å². The fourth-order valence-electron chi connectivity index (χ4n) is 4.80. The van der Waals surface area contributed by atoms with Gasteiger partial charge in [0.1, 0.15) is 5.83 Å². The summed E-state index contributed by atoms with van der Waals surface area (Å²) in [7, 11) is 0. The van der Waals surface area contributed by atoms with Crippen LogP contribution in [0.15, 0.2) is 15.4 Å². The van der Waals surface area contributed by atoms with Crippen molar-refractivity contribution in [3.8, 4) is 0 Å². The third-order valence-corrected chi connectivity index (χ3v) is 6.36. The van der Waals surface area contributed by atoms with Crippen LogP contribution in [0.2, 0.25) is 0 Å². The second kappa shape index (κ2) is 6.46. The van der Waals surface area contributed by atoms with E-state index >= 15 is 4.39 Å². The van der Waals surface area contributed by atoms with E-state index in [9.17, 15) is 9.59 Å². The molecule has 1 aromatic heterocycles. The number of aromatic amines is 1. The summed E-state index contributed by atoms with van der Waals surface area (Å²) >= 11 is 0. The van der Waals surface area contributed by atoms with Crippen LogP contribution >= 0.6 is 0 Å². The molecule has 2 heterocycles. The normalized spacial score (nSPS) is 32.2. The molecule has 1 aromatic rings. The smallest absolute Gasteiger partial charge is 0.326 e. The van der Waals surface area contributed by atoms with Crippen LogP contribution in [0.4, 0.5) is 4.39 Å². The molecule has 7 heteroatoms. The van der Waals surface area contributed by atoms with Crippen LogP contribution < -0.4 is 17.0 Å². The number of hydrogen-bond acceptors (Lipinski definition) is 4. The first-order valence-electron chi connectivity index (χ1n) is 9.67. The highest BCUT2D eigenvalue weighted by Gasteiger charge is 2.41. The molecule has 142 valence electrons. The third kappa shape index (κ3) is 2.77. The number of aromatic nitrogens is 2. The van der Waals surface area contributed by atoms with Gasteiger partial charge in [0.05, 0.1) is 11.6 Å². The second-order valence-electron chi connectivity index (χ2n) is 8.04. The van der Waals surface area contributed by atoms with E-state index in [-0.39, 0.29) is 29.5 Å². The first kappa shape index (κ1) is 17.7. The average molecular weight is 362 g/mol. The Kier molecular flexibility index (Phi) is 4.39. The molecule has 1 aliphatic heterocycles. The number of nitrogens with one attached hydrogen (secondary N) is 1. The lowest BCUT2D eigenvalue weighted by Gasteiger charge is -2.44. The summed E-state index contributed by atoms with van der Waals surface area (Å²) < 4.78 is 16.7. The zero-order valence-electron chi connectivity index (χ0n) is 15.4. The van der Waals surface area contributed by atoms with Crippen molar-refractivity contribution in [1.29, 1.82) is 0 Å². The van der Waals surface area contributed by atoms with E-state index in [0.717, 1.165) is 32.2 Å². The van der Waals surface area contributed by atoms with E-state index in [4.69, 9.17) is 5.73 Å². The molecule has 6 nitrogen and oxygen atoms in total. The molecule has 1 saturated heterocycles. The van der Waals surface area contributed by atoms with E-state index < -0.39 is 11.6 Å². The Balaban J connectivity index is 1.75. The molecule has 4 atom stereocenters. The van der Waals surface area contributed by atoms with Gasteiger partial charge in [-0.15, -0.1) is 0 Å². The van der Waals surface area contributed by atoms with Crippen molar-refractivity contribution in [2.45, 2.75) is 63.6 Å². The summed E-state index contributed by atoms with van der Waals surface area (Å²) in [6, 6.07) is -0.309. The Hall–Kier alpha value is -1.73. The molecule has 0 bridgehead atoms. The number of nitrogens with zero attached hydrogens (tertiary/aromatic N) is 2. The monoisotopic (exact) mass is 362 g/mol. The molecule has 2 fully saturated rings. The first-order chi connectivity index (χ1) is 12.4. The van der Waals surface area contributed by atoms with Crippen LogP contribution in [-0.4, -0.2) is 39.6 Å². The Morgan fingerprint density at radius 2 is 2.04 bits per heavy atom. The maximum Gasteiger partial charge on any atom is 0.328 e. The third-order valence-electron chi connectivity index (χ3n) is 6.36. The highest BCUT2D eigenvalue weighted by molar-refractivity contribution is 5.59. The average Bonchev–Trinajstić information content (AvgIpc) is 3.41. The van der Waals surface area contributed by atoms with Crippen molar-refractivity contribution >= 4 is 6.08 Å². The van der Waals surface area contributed by atoms with Gasteiger partial charge in [-0.05, 0) is 37.8 Å². The molecule has 0 amide bonds. The van der Waals surface area contributed by atoms with Gasteiger partial charge in [-0.25, -0.2) is 9.18 Å². The minimum Gasteiger partial charge on any atom is -0.326 e. The van der Waals surface area contributed by atoms with Crippen molar-refractivity contribution in [2.24, 2.45) is 11.7 Å². The second-order valence-corrected chi connectivity index (χ2v) is 8.04. The molecular weight excluding hydrogens is 335 g/mol. The topological polar surface area (TPSA) is 84.1 Å². The molecule has 3 aliphatic rings.